The van der Waals surface area contributed by atoms with Crippen molar-refractivity contribution in [3.05, 3.63) is 22.4 Å². The molecule has 0 aliphatic carbocycles. The van der Waals surface area contributed by atoms with Gasteiger partial charge in [-0.3, -0.25) is 0 Å². The minimum atomic E-state index is -3.60. The summed E-state index contributed by atoms with van der Waals surface area (Å²) in [6.45, 7) is 3.30. The maximum absolute atomic E-state index is 11.8. The Kier molecular flexibility index (Phi) is 6.31. The lowest BCUT2D eigenvalue weighted by Gasteiger charge is -2.07. The van der Waals surface area contributed by atoms with Gasteiger partial charge in [0.2, 0.25) is 10.0 Å². The van der Waals surface area contributed by atoms with E-state index in [4.69, 9.17) is 27.9 Å². The molecule has 0 radical (unpaired) electrons. The Balaban J connectivity index is 2.60. The quantitative estimate of drug-likeness (QED) is 0.618. The Bertz CT molecular complexity index is 494. The number of pyridine rings is 1. The summed E-state index contributed by atoms with van der Waals surface area (Å²) in [6, 6.07) is 1.27. The summed E-state index contributed by atoms with van der Waals surface area (Å²) in [5.41, 5.74) is 0. The molecule has 0 unspecified atom stereocenters. The standard InChI is InChI=1S/C10H14Cl2N2O3S/c1-2-17-5-3-4-14-18(15,16)8-6-9(11)10(12)13-7-8/h6-7,14H,2-5H2,1H3. The van der Waals surface area contributed by atoms with E-state index < -0.39 is 10.0 Å². The normalized spacial score (nSPS) is 11.7. The van der Waals surface area contributed by atoms with E-state index >= 15 is 0 Å². The third kappa shape index (κ3) is 4.70. The van der Waals surface area contributed by atoms with Gasteiger partial charge in [0.15, 0.2) is 0 Å². The summed E-state index contributed by atoms with van der Waals surface area (Å²) in [4.78, 5) is 3.69. The second-order valence-electron chi connectivity index (χ2n) is 3.39. The van der Waals surface area contributed by atoms with E-state index in [1.165, 1.54) is 12.3 Å². The van der Waals surface area contributed by atoms with Crippen molar-refractivity contribution >= 4 is 33.2 Å². The Labute approximate surface area is 117 Å². The van der Waals surface area contributed by atoms with Crippen LogP contribution in [0.2, 0.25) is 10.2 Å². The van der Waals surface area contributed by atoms with Crippen LogP contribution in [0, 0.1) is 0 Å². The molecular formula is C10H14Cl2N2O3S. The molecule has 8 heteroatoms. The third-order valence-corrected chi connectivity index (χ3v) is 4.16. The predicted octanol–water partition coefficient (Wildman–Crippen LogP) is 2.09. The van der Waals surface area contributed by atoms with E-state index in [0.29, 0.717) is 26.2 Å². The molecule has 0 bridgehead atoms. The summed E-state index contributed by atoms with van der Waals surface area (Å²) in [7, 11) is -3.60. The highest BCUT2D eigenvalue weighted by molar-refractivity contribution is 7.89. The first-order chi connectivity index (χ1) is 8.47. The molecule has 0 saturated carbocycles. The highest BCUT2D eigenvalue weighted by Crippen LogP contribution is 2.21. The molecule has 0 atom stereocenters. The van der Waals surface area contributed by atoms with E-state index in [1.807, 2.05) is 6.92 Å². The number of sulfonamides is 1. The summed E-state index contributed by atoms with van der Waals surface area (Å²) in [5, 5.41) is 0.181. The molecular weight excluding hydrogens is 299 g/mol. The smallest absolute Gasteiger partial charge is 0.242 e. The minimum absolute atomic E-state index is 0.00619. The van der Waals surface area contributed by atoms with Crippen molar-refractivity contribution in [1.82, 2.24) is 9.71 Å². The number of rotatable bonds is 7. The van der Waals surface area contributed by atoms with Crippen LogP contribution in [0.5, 0.6) is 0 Å². The highest BCUT2D eigenvalue weighted by atomic mass is 35.5. The maximum Gasteiger partial charge on any atom is 0.242 e. The molecule has 1 N–H and O–H groups in total. The van der Waals surface area contributed by atoms with E-state index in [1.54, 1.807) is 0 Å². The maximum atomic E-state index is 11.8. The van der Waals surface area contributed by atoms with Crippen molar-refractivity contribution in [3.8, 4) is 0 Å². The molecule has 1 aromatic heterocycles. The number of ether oxygens (including phenoxy) is 1. The van der Waals surface area contributed by atoms with E-state index in [-0.39, 0.29) is 15.1 Å². The third-order valence-electron chi connectivity index (χ3n) is 2.04. The van der Waals surface area contributed by atoms with Crippen LogP contribution >= 0.6 is 23.2 Å². The molecule has 0 aliphatic rings. The van der Waals surface area contributed by atoms with Crippen LogP contribution in [0.1, 0.15) is 13.3 Å². The summed E-state index contributed by atoms with van der Waals surface area (Å²) >= 11 is 11.3. The Morgan fingerprint density at radius 1 is 1.44 bits per heavy atom. The van der Waals surface area contributed by atoms with Gasteiger partial charge in [0.1, 0.15) is 10.0 Å². The van der Waals surface area contributed by atoms with Gasteiger partial charge in [-0.2, -0.15) is 0 Å². The minimum Gasteiger partial charge on any atom is -0.382 e. The molecule has 5 nitrogen and oxygen atoms in total. The number of aromatic nitrogens is 1. The van der Waals surface area contributed by atoms with Gasteiger partial charge in [-0.05, 0) is 19.4 Å². The molecule has 0 aromatic carbocycles. The molecule has 0 fully saturated rings. The van der Waals surface area contributed by atoms with Gasteiger partial charge in [-0.1, -0.05) is 23.2 Å². The number of halogens is 2. The van der Waals surface area contributed by atoms with Crippen LogP contribution < -0.4 is 4.72 Å². The molecule has 0 amide bonds. The lowest BCUT2D eigenvalue weighted by molar-refractivity contribution is 0.146. The van der Waals surface area contributed by atoms with Crippen molar-refractivity contribution in [2.45, 2.75) is 18.2 Å². The molecule has 102 valence electrons. The van der Waals surface area contributed by atoms with Crippen LogP contribution in [0.4, 0.5) is 0 Å². The Morgan fingerprint density at radius 2 is 2.17 bits per heavy atom. The largest absolute Gasteiger partial charge is 0.382 e. The fourth-order valence-electron chi connectivity index (χ4n) is 1.16. The van der Waals surface area contributed by atoms with Crippen LogP contribution in [0.3, 0.4) is 0 Å². The fraction of sp³-hybridized carbons (Fsp3) is 0.500. The molecule has 0 spiro atoms. The van der Waals surface area contributed by atoms with Gasteiger partial charge >= 0.3 is 0 Å². The Morgan fingerprint density at radius 3 is 2.78 bits per heavy atom. The van der Waals surface area contributed by atoms with Crippen molar-refractivity contribution < 1.29 is 13.2 Å². The Hall–Kier alpha value is -0.400. The van der Waals surface area contributed by atoms with E-state index in [9.17, 15) is 8.42 Å². The number of nitrogens with one attached hydrogen (secondary N) is 1. The average Bonchev–Trinajstić information content (AvgIpc) is 2.32. The van der Waals surface area contributed by atoms with Crippen molar-refractivity contribution in [3.63, 3.8) is 0 Å². The molecule has 0 aliphatic heterocycles. The topological polar surface area (TPSA) is 68.3 Å². The summed E-state index contributed by atoms with van der Waals surface area (Å²) < 4.78 is 31.2. The van der Waals surface area contributed by atoms with Gasteiger partial charge in [0, 0.05) is 26.0 Å². The zero-order chi connectivity index (χ0) is 13.6. The second kappa shape index (κ2) is 7.25. The van der Waals surface area contributed by atoms with Crippen LogP contribution in [-0.4, -0.2) is 33.2 Å². The molecule has 1 rings (SSSR count). The average molecular weight is 313 g/mol. The lowest BCUT2D eigenvalue weighted by Crippen LogP contribution is -2.25. The first kappa shape index (κ1) is 15.7. The SMILES string of the molecule is CCOCCCNS(=O)(=O)c1cnc(Cl)c(Cl)c1. The number of nitrogens with zero attached hydrogens (tertiary/aromatic N) is 1. The monoisotopic (exact) mass is 312 g/mol. The molecule has 0 saturated heterocycles. The zero-order valence-electron chi connectivity index (χ0n) is 9.82. The van der Waals surface area contributed by atoms with Gasteiger partial charge in [-0.15, -0.1) is 0 Å². The van der Waals surface area contributed by atoms with E-state index in [0.717, 1.165) is 0 Å². The number of hydrogen-bond acceptors (Lipinski definition) is 4. The van der Waals surface area contributed by atoms with Crippen molar-refractivity contribution in [1.29, 1.82) is 0 Å². The van der Waals surface area contributed by atoms with Gasteiger partial charge in [-0.25, -0.2) is 18.1 Å². The molecule has 1 heterocycles. The van der Waals surface area contributed by atoms with Gasteiger partial charge in [0.25, 0.3) is 0 Å². The second-order valence-corrected chi connectivity index (χ2v) is 5.92. The van der Waals surface area contributed by atoms with Crippen molar-refractivity contribution in [2.75, 3.05) is 19.8 Å². The van der Waals surface area contributed by atoms with E-state index in [2.05, 4.69) is 9.71 Å². The summed E-state index contributed by atoms with van der Waals surface area (Å²) in [5.74, 6) is 0. The molecule has 18 heavy (non-hydrogen) atoms. The molecule has 1 aromatic rings. The van der Waals surface area contributed by atoms with Gasteiger partial charge in [0.05, 0.1) is 5.02 Å². The fourth-order valence-corrected chi connectivity index (χ4v) is 2.54. The zero-order valence-corrected chi connectivity index (χ0v) is 12.1. The number of hydrogen-bond donors (Lipinski definition) is 1. The van der Waals surface area contributed by atoms with Gasteiger partial charge < -0.3 is 4.74 Å². The van der Waals surface area contributed by atoms with Crippen LogP contribution in [0.15, 0.2) is 17.2 Å². The first-order valence-corrected chi connectivity index (χ1v) is 7.59. The highest BCUT2D eigenvalue weighted by Gasteiger charge is 2.15. The van der Waals surface area contributed by atoms with Crippen LogP contribution in [-0.2, 0) is 14.8 Å². The lowest BCUT2D eigenvalue weighted by atomic mass is 10.5. The first-order valence-electron chi connectivity index (χ1n) is 5.36. The van der Waals surface area contributed by atoms with Crippen LogP contribution in [0.25, 0.3) is 0 Å². The predicted molar refractivity (Wildman–Crippen MR) is 70.6 cm³/mol. The summed E-state index contributed by atoms with van der Waals surface area (Å²) in [6.07, 6.45) is 1.76. The van der Waals surface area contributed by atoms with Crippen molar-refractivity contribution in [2.24, 2.45) is 0 Å².